The second-order valence-electron chi connectivity index (χ2n) is 4.82. The molecule has 1 heterocycles. The number of halogens is 1. The van der Waals surface area contributed by atoms with Crippen LogP contribution >= 0.6 is 0 Å². The van der Waals surface area contributed by atoms with Crippen molar-refractivity contribution in [3.05, 3.63) is 36.8 Å². The monoisotopic (exact) mass is 251 g/mol. The van der Waals surface area contributed by atoms with Crippen molar-refractivity contribution in [3.63, 3.8) is 0 Å². The Morgan fingerprint density at radius 2 is 2.28 bits per heavy atom. The third kappa shape index (κ3) is 3.83. The Kier molecular flexibility index (Phi) is 5.83. The third-order valence-corrected chi connectivity index (χ3v) is 3.58. The van der Waals surface area contributed by atoms with Gasteiger partial charge >= 0.3 is 0 Å². The molecule has 2 unspecified atom stereocenters. The molecule has 1 fully saturated rings. The molecule has 0 N–H and O–H groups in total. The highest BCUT2D eigenvalue weighted by Crippen LogP contribution is 2.33. The predicted molar refractivity (Wildman–Crippen MR) is 72.4 cm³/mol. The molecule has 0 aromatic heterocycles. The molecule has 2 atom stereocenters. The van der Waals surface area contributed by atoms with E-state index in [0.29, 0.717) is 31.0 Å². The molecule has 3 heteroatoms. The maximum absolute atomic E-state index is 12.0. The topological polar surface area (TPSA) is 20.3 Å². The number of rotatable bonds is 5. The molecule has 1 aliphatic heterocycles. The van der Waals surface area contributed by atoms with Crippen LogP contribution < -0.4 is 0 Å². The van der Waals surface area contributed by atoms with Crippen molar-refractivity contribution >= 4 is 5.91 Å². The molecule has 18 heavy (non-hydrogen) atoms. The zero-order valence-electron chi connectivity index (χ0n) is 11.2. The summed E-state index contributed by atoms with van der Waals surface area (Å²) in [5, 5.41) is 0. The van der Waals surface area contributed by atoms with Gasteiger partial charge in [-0.05, 0) is 38.0 Å². The predicted octanol–water partition coefficient (Wildman–Crippen LogP) is 3.82. The van der Waals surface area contributed by atoms with Gasteiger partial charge < -0.3 is 4.90 Å². The van der Waals surface area contributed by atoms with Gasteiger partial charge in [-0.2, -0.15) is 0 Å². The second-order valence-corrected chi connectivity index (χ2v) is 4.82. The summed E-state index contributed by atoms with van der Waals surface area (Å²) >= 11 is 0. The number of likely N-dealkylation sites (tertiary alicyclic amines) is 1. The molecule has 0 bridgehead atoms. The maximum Gasteiger partial charge on any atom is 0.226 e. The van der Waals surface area contributed by atoms with E-state index in [2.05, 4.69) is 12.7 Å². The van der Waals surface area contributed by atoms with Crippen LogP contribution in [0.1, 0.15) is 32.6 Å². The smallest absolute Gasteiger partial charge is 0.226 e. The molecular weight excluding hydrogens is 229 g/mol. The lowest BCUT2D eigenvalue weighted by Crippen LogP contribution is -2.35. The fourth-order valence-corrected chi connectivity index (χ4v) is 2.44. The van der Waals surface area contributed by atoms with Gasteiger partial charge in [0.25, 0.3) is 0 Å². The summed E-state index contributed by atoms with van der Waals surface area (Å²) in [6.07, 6.45) is 9.24. The fourth-order valence-electron chi connectivity index (χ4n) is 2.44. The zero-order valence-corrected chi connectivity index (χ0v) is 11.2. The Morgan fingerprint density at radius 1 is 1.56 bits per heavy atom. The van der Waals surface area contributed by atoms with E-state index < -0.39 is 0 Å². The fraction of sp³-hybridized carbons (Fsp3) is 0.533. The summed E-state index contributed by atoms with van der Waals surface area (Å²) in [4.78, 5) is 13.5. The minimum Gasteiger partial charge on any atom is -0.320 e. The summed E-state index contributed by atoms with van der Waals surface area (Å²) in [7, 11) is 1.78. The van der Waals surface area contributed by atoms with Crippen LogP contribution in [0.5, 0.6) is 0 Å². The molecule has 100 valence electrons. The van der Waals surface area contributed by atoms with E-state index in [1.54, 1.807) is 11.9 Å². The van der Waals surface area contributed by atoms with Crippen molar-refractivity contribution in [3.8, 4) is 0 Å². The first-order valence-electron chi connectivity index (χ1n) is 6.42. The highest BCUT2D eigenvalue weighted by molar-refractivity contribution is 5.79. The summed E-state index contributed by atoms with van der Waals surface area (Å²) in [5.74, 6) is 0.748. The molecule has 0 saturated carbocycles. The molecule has 0 spiro atoms. The Balaban J connectivity index is 2.68. The Labute approximate surface area is 109 Å². The van der Waals surface area contributed by atoms with Crippen molar-refractivity contribution in [2.24, 2.45) is 11.8 Å². The van der Waals surface area contributed by atoms with Crippen LogP contribution in [0.3, 0.4) is 0 Å². The summed E-state index contributed by atoms with van der Waals surface area (Å²) in [6.45, 7) is 5.92. The van der Waals surface area contributed by atoms with Gasteiger partial charge in [0.2, 0.25) is 5.91 Å². The van der Waals surface area contributed by atoms with Crippen LogP contribution in [-0.4, -0.2) is 17.9 Å². The van der Waals surface area contributed by atoms with Gasteiger partial charge in [0.1, 0.15) is 0 Å². The van der Waals surface area contributed by atoms with E-state index >= 15 is 0 Å². The zero-order chi connectivity index (χ0) is 13.5. The van der Waals surface area contributed by atoms with Crippen molar-refractivity contribution in [2.75, 3.05) is 7.05 Å². The van der Waals surface area contributed by atoms with E-state index in [9.17, 15) is 9.18 Å². The van der Waals surface area contributed by atoms with Crippen LogP contribution in [0.15, 0.2) is 36.8 Å². The Bertz CT molecular complexity index is 342. The van der Waals surface area contributed by atoms with Gasteiger partial charge in [-0.25, -0.2) is 4.39 Å². The number of carbonyl (C=O) groups excluding carboxylic acids is 1. The largest absolute Gasteiger partial charge is 0.320 e. The van der Waals surface area contributed by atoms with Gasteiger partial charge in [-0.15, -0.1) is 0 Å². The molecule has 1 rings (SSSR count). The van der Waals surface area contributed by atoms with Gasteiger partial charge in [0.05, 0.1) is 6.33 Å². The summed E-state index contributed by atoms with van der Waals surface area (Å²) < 4.78 is 12.0. The molecular formula is C15H22FNO. The lowest BCUT2D eigenvalue weighted by atomic mass is 9.80. The molecule has 1 aliphatic rings. The normalized spacial score (nSPS) is 23.3. The third-order valence-electron chi connectivity index (χ3n) is 3.58. The number of carbonyl (C=O) groups is 1. The van der Waals surface area contributed by atoms with E-state index in [4.69, 9.17) is 0 Å². The van der Waals surface area contributed by atoms with Crippen LogP contribution in [0, 0.1) is 11.8 Å². The minimum atomic E-state index is 0.131. The lowest BCUT2D eigenvalue weighted by Gasteiger charge is -2.34. The van der Waals surface area contributed by atoms with Crippen molar-refractivity contribution in [1.82, 2.24) is 4.90 Å². The number of hydrogen-bond donors (Lipinski definition) is 0. The van der Waals surface area contributed by atoms with Gasteiger partial charge in [0.15, 0.2) is 0 Å². The quantitative estimate of drug-likeness (QED) is 0.680. The highest BCUT2D eigenvalue weighted by atomic mass is 19.1. The molecule has 0 aliphatic carbocycles. The van der Waals surface area contributed by atoms with Crippen LogP contribution in [0.25, 0.3) is 0 Å². The SMILES string of the molecule is C=C1CC(C(/C=C\C)CC/C=C/F)CC(=O)N1C. The number of piperidine rings is 1. The van der Waals surface area contributed by atoms with Gasteiger partial charge in [0, 0.05) is 19.2 Å². The van der Waals surface area contributed by atoms with Gasteiger partial charge in [-0.3, -0.25) is 4.79 Å². The van der Waals surface area contributed by atoms with Gasteiger partial charge in [-0.1, -0.05) is 24.8 Å². The second kappa shape index (κ2) is 7.14. The van der Waals surface area contributed by atoms with E-state index in [1.807, 2.05) is 13.0 Å². The van der Waals surface area contributed by atoms with Crippen LogP contribution in [-0.2, 0) is 4.79 Å². The summed E-state index contributed by atoms with van der Waals surface area (Å²) in [5.41, 5.74) is 0.881. The number of amides is 1. The Morgan fingerprint density at radius 3 is 2.83 bits per heavy atom. The number of hydrogen-bond acceptors (Lipinski definition) is 1. The average molecular weight is 251 g/mol. The molecule has 1 saturated heterocycles. The van der Waals surface area contributed by atoms with Crippen LogP contribution in [0.2, 0.25) is 0 Å². The average Bonchev–Trinajstić information content (AvgIpc) is 2.34. The minimum absolute atomic E-state index is 0.131. The first-order chi connectivity index (χ1) is 8.60. The molecule has 1 amide bonds. The lowest BCUT2D eigenvalue weighted by molar-refractivity contribution is -0.131. The van der Waals surface area contributed by atoms with E-state index in [1.165, 1.54) is 6.08 Å². The molecule has 2 nitrogen and oxygen atoms in total. The Hall–Kier alpha value is -1.38. The van der Waals surface area contributed by atoms with E-state index in [0.717, 1.165) is 18.5 Å². The molecule has 0 aromatic carbocycles. The van der Waals surface area contributed by atoms with Crippen LogP contribution in [0.4, 0.5) is 4.39 Å². The first-order valence-corrected chi connectivity index (χ1v) is 6.42. The van der Waals surface area contributed by atoms with E-state index in [-0.39, 0.29) is 5.91 Å². The summed E-state index contributed by atoms with van der Waals surface area (Å²) in [6, 6.07) is 0. The standard InChI is InChI=1S/C15H22FNO/c1-4-7-13(8-5-6-9-16)14-10-12(2)17(3)15(18)11-14/h4,6-7,9,13-14H,2,5,8,10-11H2,1,3H3/b7-4-,9-6+. The number of nitrogens with zero attached hydrogens (tertiary/aromatic N) is 1. The van der Waals surface area contributed by atoms with Crippen molar-refractivity contribution in [2.45, 2.75) is 32.6 Å². The maximum atomic E-state index is 12.0. The first kappa shape index (κ1) is 14.7. The van der Waals surface area contributed by atoms with Crippen molar-refractivity contribution < 1.29 is 9.18 Å². The molecule has 0 aromatic rings. The highest BCUT2D eigenvalue weighted by Gasteiger charge is 2.30. The molecule has 0 radical (unpaired) electrons. The number of allylic oxidation sites excluding steroid dienone is 4. The van der Waals surface area contributed by atoms with Crippen molar-refractivity contribution in [1.29, 1.82) is 0 Å².